The zero-order valence-corrected chi connectivity index (χ0v) is 19.9. The van der Waals surface area contributed by atoms with Crippen molar-refractivity contribution in [1.82, 2.24) is 9.21 Å². The predicted molar refractivity (Wildman–Crippen MR) is 125 cm³/mol. The quantitative estimate of drug-likeness (QED) is 0.739. The molecule has 3 rings (SSSR count). The number of carbonyl (C=O) groups excluding carboxylic acids is 1. The third-order valence-electron chi connectivity index (χ3n) is 5.85. The maximum absolute atomic E-state index is 13.1. The molecule has 1 fully saturated rings. The fourth-order valence-corrected chi connectivity index (χ4v) is 5.71. The average molecular weight is 444 g/mol. The third kappa shape index (κ3) is 5.34. The van der Waals surface area contributed by atoms with E-state index in [1.165, 1.54) is 4.31 Å². The van der Waals surface area contributed by atoms with Crippen molar-refractivity contribution in [3.63, 3.8) is 0 Å². The fraction of sp³-hybridized carbons (Fsp3) is 0.458. The fourth-order valence-electron chi connectivity index (χ4n) is 3.98. The molecule has 0 aromatic heterocycles. The van der Waals surface area contributed by atoms with Crippen LogP contribution < -0.4 is 5.32 Å². The maximum Gasteiger partial charge on any atom is 0.243 e. The molecule has 168 valence electrons. The molecule has 0 saturated carbocycles. The van der Waals surface area contributed by atoms with Gasteiger partial charge in [0.1, 0.15) is 0 Å². The van der Waals surface area contributed by atoms with Gasteiger partial charge in [-0.05, 0) is 55.0 Å². The smallest absolute Gasteiger partial charge is 0.243 e. The lowest BCUT2D eigenvalue weighted by atomic mass is 9.98. The Balaban J connectivity index is 1.62. The van der Waals surface area contributed by atoms with Gasteiger partial charge in [0.05, 0.1) is 11.4 Å². The minimum absolute atomic E-state index is 0.0676. The summed E-state index contributed by atoms with van der Waals surface area (Å²) in [5, 5.41) is 3.08. The summed E-state index contributed by atoms with van der Waals surface area (Å²) in [5.41, 5.74) is 4.74. The average Bonchev–Trinajstić information content (AvgIpc) is 2.71. The molecule has 0 aliphatic carbocycles. The first kappa shape index (κ1) is 23.4. The van der Waals surface area contributed by atoms with Crippen molar-refractivity contribution in [2.24, 2.45) is 0 Å². The van der Waals surface area contributed by atoms with E-state index in [0.717, 1.165) is 27.9 Å². The molecule has 7 heteroatoms. The molecule has 1 saturated heterocycles. The van der Waals surface area contributed by atoms with Gasteiger partial charge in [0.2, 0.25) is 15.9 Å². The van der Waals surface area contributed by atoms with E-state index in [4.69, 9.17) is 0 Å². The standard InChI is InChI=1S/C24H33N3O3S/c1-17(2)21-8-6-7-20(5)24(21)25-23(28)16-26-11-13-27(14-12-26)31(29,30)22-15-18(3)9-10-19(22)4/h6-10,15,17H,11-14,16H2,1-5H3,(H,25,28). The van der Waals surface area contributed by atoms with Crippen molar-refractivity contribution >= 4 is 21.6 Å². The number of nitrogens with one attached hydrogen (secondary N) is 1. The highest BCUT2D eigenvalue weighted by Crippen LogP contribution is 2.27. The highest BCUT2D eigenvalue weighted by atomic mass is 32.2. The Morgan fingerprint density at radius 3 is 2.32 bits per heavy atom. The van der Waals surface area contributed by atoms with Crippen LogP contribution in [0.2, 0.25) is 0 Å². The van der Waals surface area contributed by atoms with Gasteiger partial charge in [-0.15, -0.1) is 0 Å². The van der Waals surface area contributed by atoms with Crippen molar-refractivity contribution in [2.45, 2.75) is 45.4 Å². The largest absolute Gasteiger partial charge is 0.324 e. The molecule has 0 unspecified atom stereocenters. The lowest BCUT2D eigenvalue weighted by Gasteiger charge is -2.34. The molecule has 2 aromatic carbocycles. The van der Waals surface area contributed by atoms with Crippen LogP contribution in [0.3, 0.4) is 0 Å². The lowest BCUT2D eigenvalue weighted by Crippen LogP contribution is -2.50. The molecule has 1 amide bonds. The van der Waals surface area contributed by atoms with Gasteiger partial charge in [0, 0.05) is 31.9 Å². The Hall–Kier alpha value is -2.22. The van der Waals surface area contributed by atoms with Crippen LogP contribution in [-0.4, -0.2) is 56.3 Å². The van der Waals surface area contributed by atoms with E-state index in [1.54, 1.807) is 6.07 Å². The van der Waals surface area contributed by atoms with Crippen LogP contribution in [0.4, 0.5) is 5.69 Å². The molecule has 31 heavy (non-hydrogen) atoms. The SMILES string of the molecule is Cc1ccc(C)c(S(=O)(=O)N2CCN(CC(=O)Nc3c(C)cccc3C(C)C)CC2)c1. The number of amides is 1. The van der Waals surface area contributed by atoms with E-state index >= 15 is 0 Å². The minimum atomic E-state index is -3.53. The van der Waals surface area contributed by atoms with Gasteiger partial charge < -0.3 is 5.32 Å². The zero-order chi connectivity index (χ0) is 22.8. The summed E-state index contributed by atoms with van der Waals surface area (Å²) >= 11 is 0. The number of anilines is 1. The topological polar surface area (TPSA) is 69.7 Å². The minimum Gasteiger partial charge on any atom is -0.324 e. The van der Waals surface area contributed by atoms with Crippen LogP contribution in [0, 0.1) is 20.8 Å². The second kappa shape index (κ2) is 9.51. The molecule has 1 aliphatic heterocycles. The molecular weight excluding hydrogens is 410 g/mol. The summed E-state index contributed by atoms with van der Waals surface area (Å²) in [4.78, 5) is 15.1. The van der Waals surface area contributed by atoms with Gasteiger partial charge in [-0.25, -0.2) is 8.42 Å². The number of sulfonamides is 1. The summed E-state index contributed by atoms with van der Waals surface area (Å²) in [5.74, 6) is 0.246. The summed E-state index contributed by atoms with van der Waals surface area (Å²) in [6.07, 6.45) is 0. The molecule has 0 radical (unpaired) electrons. The molecule has 0 spiro atoms. The highest BCUT2D eigenvalue weighted by molar-refractivity contribution is 7.89. The van der Waals surface area contributed by atoms with E-state index in [2.05, 4.69) is 19.2 Å². The Kier molecular flexibility index (Phi) is 7.19. The molecule has 0 bridgehead atoms. The van der Waals surface area contributed by atoms with Crippen LogP contribution in [-0.2, 0) is 14.8 Å². The first-order valence-corrected chi connectivity index (χ1v) is 12.2. The number of rotatable bonds is 6. The van der Waals surface area contributed by atoms with E-state index < -0.39 is 10.0 Å². The second-order valence-corrected chi connectivity index (χ2v) is 10.6. The summed E-state index contributed by atoms with van der Waals surface area (Å²) in [6.45, 7) is 12.0. The number of carbonyl (C=O) groups is 1. The second-order valence-electron chi connectivity index (χ2n) is 8.69. The summed E-state index contributed by atoms with van der Waals surface area (Å²) in [7, 11) is -3.53. The molecule has 6 nitrogen and oxygen atoms in total. The van der Waals surface area contributed by atoms with Crippen LogP contribution in [0.5, 0.6) is 0 Å². The van der Waals surface area contributed by atoms with Crippen molar-refractivity contribution < 1.29 is 13.2 Å². The first-order valence-electron chi connectivity index (χ1n) is 10.8. The number of hydrogen-bond donors (Lipinski definition) is 1. The van der Waals surface area contributed by atoms with Gasteiger partial charge >= 0.3 is 0 Å². The Morgan fingerprint density at radius 1 is 1.00 bits per heavy atom. The third-order valence-corrected chi connectivity index (χ3v) is 7.89. The van der Waals surface area contributed by atoms with Crippen molar-refractivity contribution in [3.8, 4) is 0 Å². The van der Waals surface area contributed by atoms with Gasteiger partial charge in [0.25, 0.3) is 0 Å². The molecule has 2 aromatic rings. The van der Waals surface area contributed by atoms with Crippen LogP contribution in [0.15, 0.2) is 41.3 Å². The number of hydrogen-bond acceptors (Lipinski definition) is 4. The molecule has 1 N–H and O–H groups in total. The van der Waals surface area contributed by atoms with Crippen LogP contribution >= 0.6 is 0 Å². The van der Waals surface area contributed by atoms with Gasteiger partial charge in [-0.3, -0.25) is 9.69 Å². The number of benzene rings is 2. The first-order chi connectivity index (χ1) is 14.6. The van der Waals surface area contributed by atoms with Crippen molar-refractivity contribution in [1.29, 1.82) is 0 Å². The monoisotopic (exact) mass is 443 g/mol. The Bertz CT molecular complexity index is 1060. The number of para-hydroxylation sites is 1. The van der Waals surface area contributed by atoms with Crippen molar-refractivity contribution in [2.75, 3.05) is 38.0 Å². The zero-order valence-electron chi connectivity index (χ0n) is 19.1. The molecule has 0 atom stereocenters. The number of nitrogens with zero attached hydrogens (tertiary/aromatic N) is 2. The summed E-state index contributed by atoms with van der Waals surface area (Å²) < 4.78 is 27.7. The highest BCUT2D eigenvalue weighted by Gasteiger charge is 2.30. The lowest BCUT2D eigenvalue weighted by molar-refractivity contribution is -0.117. The van der Waals surface area contributed by atoms with Gasteiger partial charge in [-0.1, -0.05) is 44.2 Å². The van der Waals surface area contributed by atoms with Gasteiger partial charge in [-0.2, -0.15) is 4.31 Å². The van der Waals surface area contributed by atoms with E-state index in [0.29, 0.717) is 37.0 Å². The van der Waals surface area contributed by atoms with E-state index in [-0.39, 0.29) is 12.5 Å². The molecule has 1 heterocycles. The number of piperazine rings is 1. The van der Waals surface area contributed by atoms with Crippen LogP contribution in [0.25, 0.3) is 0 Å². The summed E-state index contributed by atoms with van der Waals surface area (Å²) in [6, 6.07) is 11.6. The molecule has 1 aliphatic rings. The predicted octanol–water partition coefficient (Wildman–Crippen LogP) is 3.68. The normalized spacial score (nSPS) is 15.9. The van der Waals surface area contributed by atoms with Gasteiger partial charge in [0.15, 0.2) is 0 Å². The van der Waals surface area contributed by atoms with Crippen molar-refractivity contribution in [3.05, 3.63) is 58.7 Å². The number of aryl methyl sites for hydroxylation is 3. The van der Waals surface area contributed by atoms with E-state index in [1.807, 2.05) is 56.0 Å². The molecular formula is C24H33N3O3S. The van der Waals surface area contributed by atoms with E-state index in [9.17, 15) is 13.2 Å². The Morgan fingerprint density at radius 2 is 1.68 bits per heavy atom. The van der Waals surface area contributed by atoms with Crippen LogP contribution in [0.1, 0.15) is 42.0 Å². The Labute approximate surface area is 186 Å². The maximum atomic E-state index is 13.1.